The molecular weight excluding hydrogens is 359 g/mol. The van der Waals surface area contributed by atoms with E-state index < -0.39 is 11.2 Å². The van der Waals surface area contributed by atoms with Gasteiger partial charge in [0.15, 0.2) is 0 Å². The summed E-state index contributed by atoms with van der Waals surface area (Å²) in [5.74, 6) is 0. The van der Waals surface area contributed by atoms with E-state index >= 15 is 0 Å². The van der Waals surface area contributed by atoms with Gasteiger partial charge in [-0.15, -0.1) is 0 Å². The average Bonchev–Trinajstić information content (AvgIpc) is 3.00. The van der Waals surface area contributed by atoms with E-state index in [1.165, 1.54) is 0 Å². The topological polar surface area (TPSA) is 42.6 Å². The van der Waals surface area contributed by atoms with Gasteiger partial charge in [-0.05, 0) is 50.7 Å². The molecule has 27 heavy (non-hydrogen) atoms. The highest BCUT2D eigenvalue weighted by Crippen LogP contribution is 2.37. The van der Waals surface area contributed by atoms with Crippen LogP contribution in [0.1, 0.15) is 27.7 Å². The maximum Gasteiger partial charge on any atom is 0.332 e. The van der Waals surface area contributed by atoms with Crippen LogP contribution in [-0.2, 0) is 4.65 Å². The lowest BCUT2D eigenvalue weighted by atomic mass is 9.82. The molecule has 0 unspecified atom stereocenters. The molecule has 0 bridgehead atoms. The van der Waals surface area contributed by atoms with Crippen LogP contribution >= 0.6 is 11.6 Å². The highest BCUT2D eigenvalue weighted by Gasteiger charge is 2.36. The van der Waals surface area contributed by atoms with Crippen molar-refractivity contribution in [3.63, 3.8) is 0 Å². The van der Waals surface area contributed by atoms with Gasteiger partial charge in [0.1, 0.15) is 11.2 Å². The summed E-state index contributed by atoms with van der Waals surface area (Å²) in [5.41, 5.74) is 0.559. The molecule has 0 aliphatic rings. The van der Waals surface area contributed by atoms with Crippen molar-refractivity contribution in [2.75, 3.05) is 0 Å². The number of hydrogen-bond donors (Lipinski definition) is 1. The summed E-state index contributed by atoms with van der Waals surface area (Å²) in [5, 5.41) is 14.9. The molecule has 4 aromatic rings. The van der Waals surface area contributed by atoms with Crippen LogP contribution in [0.4, 0.5) is 0 Å². The lowest BCUT2D eigenvalue weighted by Crippen LogP contribution is -2.49. The molecule has 4 rings (SSSR count). The molecule has 137 valence electrons. The standard InChI is InChI=1S/C22H21BClO3/c1-21(2,25)22(3,4)27-23-16-11-12-17-18(19(16)24)15-10-9-13-7-5-6-8-14(13)20(15)26-17/h5-12,25H,1-4H3. The summed E-state index contributed by atoms with van der Waals surface area (Å²) in [6.07, 6.45) is 0. The summed E-state index contributed by atoms with van der Waals surface area (Å²) >= 11 is 6.72. The molecule has 1 heterocycles. The summed E-state index contributed by atoms with van der Waals surface area (Å²) in [6.45, 7) is 7.13. The Morgan fingerprint density at radius 1 is 0.963 bits per heavy atom. The molecule has 5 heteroatoms. The summed E-state index contributed by atoms with van der Waals surface area (Å²) in [7, 11) is 1.61. The van der Waals surface area contributed by atoms with E-state index in [0.717, 1.165) is 38.2 Å². The van der Waals surface area contributed by atoms with Gasteiger partial charge in [0.2, 0.25) is 0 Å². The molecule has 1 aromatic heterocycles. The first-order valence-corrected chi connectivity index (χ1v) is 9.33. The number of aliphatic hydroxyl groups is 1. The Kier molecular flexibility index (Phi) is 4.26. The molecule has 0 atom stereocenters. The molecule has 1 N–H and O–H groups in total. The van der Waals surface area contributed by atoms with E-state index in [0.29, 0.717) is 5.02 Å². The first kappa shape index (κ1) is 18.4. The molecule has 3 aromatic carbocycles. The van der Waals surface area contributed by atoms with Gasteiger partial charge in [0, 0.05) is 21.2 Å². The van der Waals surface area contributed by atoms with Crippen molar-refractivity contribution in [3.8, 4) is 0 Å². The Morgan fingerprint density at radius 2 is 1.70 bits per heavy atom. The molecule has 0 fully saturated rings. The first-order chi connectivity index (χ1) is 12.7. The minimum atomic E-state index is -0.999. The highest BCUT2D eigenvalue weighted by molar-refractivity contribution is 6.56. The lowest BCUT2D eigenvalue weighted by molar-refractivity contribution is -0.0893. The minimum Gasteiger partial charge on any atom is -0.455 e. The second-order valence-corrected chi connectivity index (χ2v) is 8.29. The van der Waals surface area contributed by atoms with Crippen LogP contribution in [0.15, 0.2) is 52.9 Å². The van der Waals surface area contributed by atoms with Gasteiger partial charge in [0.05, 0.1) is 11.2 Å². The predicted octanol–water partition coefficient (Wildman–Crippen LogP) is 5.20. The fourth-order valence-corrected chi connectivity index (χ4v) is 3.32. The second-order valence-electron chi connectivity index (χ2n) is 7.91. The summed E-state index contributed by atoms with van der Waals surface area (Å²) < 4.78 is 12.0. The lowest BCUT2D eigenvalue weighted by Gasteiger charge is -2.37. The van der Waals surface area contributed by atoms with Crippen LogP contribution in [0.3, 0.4) is 0 Å². The molecule has 3 nitrogen and oxygen atoms in total. The highest BCUT2D eigenvalue weighted by atomic mass is 35.5. The van der Waals surface area contributed by atoms with E-state index in [1.807, 2.05) is 44.2 Å². The third-order valence-electron chi connectivity index (χ3n) is 5.45. The normalized spacial score (nSPS) is 13.0. The van der Waals surface area contributed by atoms with Gasteiger partial charge in [-0.25, -0.2) is 0 Å². The van der Waals surface area contributed by atoms with Gasteiger partial charge in [-0.2, -0.15) is 0 Å². The van der Waals surface area contributed by atoms with E-state index in [2.05, 4.69) is 18.2 Å². The fraction of sp³-hybridized carbons (Fsp3) is 0.273. The molecule has 0 aliphatic heterocycles. The quantitative estimate of drug-likeness (QED) is 0.495. The number of rotatable bonds is 4. The van der Waals surface area contributed by atoms with Gasteiger partial charge in [-0.1, -0.05) is 48.0 Å². The van der Waals surface area contributed by atoms with Crippen LogP contribution in [0.2, 0.25) is 5.02 Å². The van der Waals surface area contributed by atoms with Gasteiger partial charge in [-0.3, -0.25) is 0 Å². The fourth-order valence-electron chi connectivity index (χ4n) is 3.02. The van der Waals surface area contributed by atoms with Crippen molar-refractivity contribution in [2.24, 2.45) is 0 Å². The zero-order chi connectivity index (χ0) is 19.4. The SMILES string of the molecule is CC(C)(O)C(C)(C)O[B]c1ccc2oc3c4ccccc4ccc3c2c1Cl. The number of furan rings is 1. The third-order valence-corrected chi connectivity index (χ3v) is 5.86. The smallest absolute Gasteiger partial charge is 0.332 e. The van der Waals surface area contributed by atoms with Crippen molar-refractivity contribution in [2.45, 2.75) is 38.9 Å². The molecule has 0 aliphatic carbocycles. The average molecular weight is 380 g/mol. The molecule has 1 radical (unpaired) electrons. The maximum absolute atomic E-state index is 10.3. The van der Waals surface area contributed by atoms with Gasteiger partial charge in [0.25, 0.3) is 0 Å². The van der Waals surface area contributed by atoms with E-state index in [9.17, 15) is 5.11 Å². The molecule has 0 amide bonds. The predicted molar refractivity (Wildman–Crippen MR) is 113 cm³/mol. The Morgan fingerprint density at radius 3 is 2.44 bits per heavy atom. The molecular formula is C22H21BClO3. The van der Waals surface area contributed by atoms with Crippen LogP contribution < -0.4 is 5.46 Å². The van der Waals surface area contributed by atoms with Crippen LogP contribution in [-0.4, -0.2) is 23.8 Å². The zero-order valence-corrected chi connectivity index (χ0v) is 16.6. The van der Waals surface area contributed by atoms with E-state index in [-0.39, 0.29) is 0 Å². The number of benzene rings is 3. The van der Waals surface area contributed by atoms with E-state index in [1.54, 1.807) is 21.3 Å². The van der Waals surface area contributed by atoms with Gasteiger partial charge >= 0.3 is 7.48 Å². The molecule has 0 saturated heterocycles. The summed E-state index contributed by atoms with van der Waals surface area (Å²) in [6, 6.07) is 16.0. The Hall–Kier alpha value is -2.01. The monoisotopic (exact) mass is 379 g/mol. The van der Waals surface area contributed by atoms with Crippen LogP contribution in [0.5, 0.6) is 0 Å². The Labute approximate surface area is 164 Å². The van der Waals surface area contributed by atoms with E-state index in [4.69, 9.17) is 20.7 Å². The largest absolute Gasteiger partial charge is 0.455 e. The number of halogens is 1. The first-order valence-electron chi connectivity index (χ1n) is 8.95. The van der Waals surface area contributed by atoms with Crippen molar-refractivity contribution < 1.29 is 14.2 Å². The molecule has 0 spiro atoms. The van der Waals surface area contributed by atoms with Crippen molar-refractivity contribution in [1.82, 2.24) is 0 Å². The minimum absolute atomic E-state index is 0.577. The van der Waals surface area contributed by atoms with Crippen LogP contribution in [0.25, 0.3) is 32.7 Å². The van der Waals surface area contributed by atoms with Crippen molar-refractivity contribution >= 4 is 57.3 Å². The van der Waals surface area contributed by atoms with Crippen molar-refractivity contribution in [1.29, 1.82) is 0 Å². The third kappa shape index (κ3) is 3.02. The second kappa shape index (κ2) is 6.27. The maximum atomic E-state index is 10.3. The van der Waals surface area contributed by atoms with Crippen molar-refractivity contribution in [3.05, 3.63) is 53.6 Å². The summed E-state index contributed by atoms with van der Waals surface area (Å²) in [4.78, 5) is 0. The zero-order valence-electron chi connectivity index (χ0n) is 15.8. The number of hydrogen-bond acceptors (Lipinski definition) is 3. The Bertz CT molecular complexity index is 1160. The molecule has 0 saturated carbocycles. The van der Waals surface area contributed by atoms with Gasteiger partial charge < -0.3 is 14.2 Å². The number of fused-ring (bicyclic) bond motifs is 5. The van der Waals surface area contributed by atoms with Crippen LogP contribution in [0, 0.1) is 0 Å². The Balaban J connectivity index is 1.82.